The molecule has 5 heteroatoms. The maximum absolute atomic E-state index is 8.90. The first-order valence-corrected chi connectivity index (χ1v) is 2.85. The fraction of sp³-hybridized carbons (Fsp3) is 1.00. The van der Waals surface area contributed by atoms with Gasteiger partial charge in [-0.2, -0.15) is 0 Å². The Morgan fingerprint density at radius 1 is 1.33 bits per heavy atom. The van der Waals surface area contributed by atoms with E-state index in [1.807, 2.05) is 0 Å². The molecule has 3 N–H and O–H groups in total. The Morgan fingerprint density at radius 2 is 1.78 bits per heavy atom. The summed E-state index contributed by atoms with van der Waals surface area (Å²) in [4.78, 5) is 1.56. The summed E-state index contributed by atoms with van der Waals surface area (Å²) in [5, 5.41) is 24.6. The van der Waals surface area contributed by atoms with Gasteiger partial charge in [-0.3, -0.25) is 0 Å². The number of hydrogen-bond donors (Lipinski definition) is 3. The van der Waals surface area contributed by atoms with Crippen molar-refractivity contribution in [3.05, 3.63) is 0 Å². The fourth-order valence-corrected chi connectivity index (χ4v) is 0.904. The molecule has 1 fully saturated rings. The van der Waals surface area contributed by atoms with Gasteiger partial charge in [-0.1, -0.05) is 0 Å². The quantitative estimate of drug-likeness (QED) is 0.372. The summed E-state index contributed by atoms with van der Waals surface area (Å²) in [6, 6.07) is 0. The Labute approximate surface area is 53.9 Å². The summed E-state index contributed by atoms with van der Waals surface area (Å²) in [5.41, 5.74) is 0. The molecule has 0 unspecified atom stereocenters. The van der Waals surface area contributed by atoms with Crippen molar-refractivity contribution >= 4 is 7.21 Å². The average molecular weight is 128 g/mol. The molecule has 0 aromatic rings. The van der Waals surface area contributed by atoms with E-state index in [0.717, 1.165) is 7.21 Å². The van der Waals surface area contributed by atoms with Crippen molar-refractivity contribution in [2.24, 2.45) is 0 Å². The van der Waals surface area contributed by atoms with Gasteiger partial charge in [0.25, 0.3) is 0 Å². The molecule has 1 aliphatic heterocycles. The number of rotatable bonds is 1. The molecule has 2 atom stereocenters. The monoisotopic (exact) mass is 128 g/mol. The zero-order valence-electron chi connectivity index (χ0n) is 4.99. The Morgan fingerprint density at radius 3 is 2.00 bits per heavy atom. The third kappa shape index (κ3) is 1.28. The van der Waals surface area contributed by atoms with Gasteiger partial charge in [0, 0.05) is 0 Å². The Kier molecular flexibility index (Phi) is 1.82. The molecule has 4 nitrogen and oxygen atoms in total. The Balaban J connectivity index is 2.43. The molecular formula is C4H9BN2O2. The summed E-state index contributed by atoms with van der Waals surface area (Å²) in [7, 11) is 1.12. The van der Waals surface area contributed by atoms with Crippen LogP contribution in [0.15, 0.2) is 0 Å². The van der Waals surface area contributed by atoms with Crippen molar-refractivity contribution in [1.29, 1.82) is 5.31 Å². The maximum atomic E-state index is 8.90. The SMILES string of the molecule is N=BN1C[C@@H](O)[C@@H](O)C1. The second kappa shape index (κ2) is 2.45. The summed E-state index contributed by atoms with van der Waals surface area (Å²) < 4.78 is 0. The van der Waals surface area contributed by atoms with Gasteiger partial charge in [-0.15, -0.1) is 0 Å². The molecule has 1 heterocycles. The zero-order chi connectivity index (χ0) is 6.85. The molecule has 9 heavy (non-hydrogen) atoms. The predicted octanol–water partition coefficient (Wildman–Crippen LogP) is -1.59. The van der Waals surface area contributed by atoms with E-state index < -0.39 is 12.2 Å². The van der Waals surface area contributed by atoms with Crippen LogP contribution in [0.5, 0.6) is 0 Å². The van der Waals surface area contributed by atoms with Crippen molar-refractivity contribution < 1.29 is 10.2 Å². The molecule has 1 saturated heterocycles. The van der Waals surface area contributed by atoms with Crippen molar-refractivity contribution in [1.82, 2.24) is 4.81 Å². The minimum absolute atomic E-state index is 0.380. The molecule has 0 aliphatic carbocycles. The second-order valence-electron chi connectivity index (χ2n) is 2.22. The average Bonchev–Trinajstić information content (AvgIpc) is 2.13. The predicted molar refractivity (Wildman–Crippen MR) is 32.1 cm³/mol. The summed E-state index contributed by atoms with van der Waals surface area (Å²) >= 11 is 0. The number of β-amino-alcohol motifs (C(OH)–C–C–N with tert-alkyl or cyclic N) is 2. The van der Waals surface area contributed by atoms with Crippen LogP contribution in [-0.2, 0) is 0 Å². The minimum atomic E-state index is -0.674. The first-order chi connectivity index (χ1) is 4.24. The number of aliphatic hydroxyl groups is 2. The number of nitrogens with one attached hydrogen (secondary N) is 1. The van der Waals surface area contributed by atoms with Gasteiger partial charge in [-0.25, -0.2) is 0 Å². The first kappa shape index (κ1) is 6.70. The Hall–Kier alpha value is -0.415. The van der Waals surface area contributed by atoms with E-state index in [1.165, 1.54) is 0 Å². The van der Waals surface area contributed by atoms with Crippen LogP contribution in [0.25, 0.3) is 0 Å². The number of aliphatic hydroxyl groups excluding tert-OH is 2. The zero-order valence-corrected chi connectivity index (χ0v) is 4.99. The van der Waals surface area contributed by atoms with Crippen molar-refractivity contribution in [2.45, 2.75) is 12.2 Å². The van der Waals surface area contributed by atoms with Gasteiger partial charge in [0.1, 0.15) is 0 Å². The second-order valence-corrected chi connectivity index (χ2v) is 2.22. The molecule has 0 saturated carbocycles. The van der Waals surface area contributed by atoms with Gasteiger partial charge in [0.05, 0.1) is 0 Å². The summed E-state index contributed by atoms with van der Waals surface area (Å²) in [6.45, 7) is 0.759. The van der Waals surface area contributed by atoms with Gasteiger partial charge in [0.2, 0.25) is 0 Å². The third-order valence-electron chi connectivity index (χ3n) is 1.47. The number of hydrogen-bond acceptors (Lipinski definition) is 3. The van der Waals surface area contributed by atoms with Crippen LogP contribution < -0.4 is 0 Å². The van der Waals surface area contributed by atoms with Crippen molar-refractivity contribution in [3.63, 3.8) is 0 Å². The number of nitrogens with zero attached hydrogens (tertiary/aromatic N) is 1. The first-order valence-electron chi connectivity index (χ1n) is 2.85. The molecule has 50 valence electrons. The van der Waals surface area contributed by atoms with Gasteiger partial charge in [0.15, 0.2) is 0 Å². The van der Waals surface area contributed by atoms with E-state index in [-0.39, 0.29) is 0 Å². The molecule has 0 amide bonds. The molecule has 0 spiro atoms. The Bertz CT molecular complexity index is 111. The van der Waals surface area contributed by atoms with Gasteiger partial charge < -0.3 is 0 Å². The molecule has 0 aromatic carbocycles. The van der Waals surface area contributed by atoms with Crippen LogP contribution in [0.4, 0.5) is 0 Å². The molecular weight excluding hydrogens is 119 g/mol. The third-order valence-corrected chi connectivity index (χ3v) is 1.47. The normalized spacial score (nSPS) is 34.7. The standard InChI is InChI=1S/C4H9BN2O2/c6-5-7-1-3(8)4(9)2-7/h3-4,6,8-9H,1-2H2/t3-,4+. The topological polar surface area (TPSA) is 67.6 Å². The van der Waals surface area contributed by atoms with Crippen LogP contribution in [0, 0.1) is 5.31 Å². The molecule has 0 bridgehead atoms. The van der Waals surface area contributed by atoms with Crippen LogP contribution in [0.2, 0.25) is 0 Å². The van der Waals surface area contributed by atoms with Crippen LogP contribution in [-0.4, -0.2) is 47.5 Å². The van der Waals surface area contributed by atoms with E-state index in [2.05, 4.69) is 0 Å². The van der Waals surface area contributed by atoms with Crippen LogP contribution in [0.3, 0.4) is 0 Å². The van der Waals surface area contributed by atoms with Gasteiger partial charge >= 0.3 is 52.8 Å². The van der Waals surface area contributed by atoms with Crippen molar-refractivity contribution in [3.8, 4) is 0 Å². The summed E-state index contributed by atoms with van der Waals surface area (Å²) in [6.07, 6.45) is -1.35. The van der Waals surface area contributed by atoms with Crippen LogP contribution >= 0.6 is 0 Å². The van der Waals surface area contributed by atoms with Crippen molar-refractivity contribution in [2.75, 3.05) is 13.1 Å². The van der Waals surface area contributed by atoms with E-state index in [0.29, 0.717) is 13.1 Å². The fourth-order valence-electron chi connectivity index (χ4n) is 0.904. The van der Waals surface area contributed by atoms with E-state index >= 15 is 0 Å². The van der Waals surface area contributed by atoms with E-state index in [1.54, 1.807) is 4.81 Å². The van der Waals surface area contributed by atoms with Crippen LogP contribution in [0.1, 0.15) is 0 Å². The molecule has 1 aliphatic rings. The molecule has 0 radical (unpaired) electrons. The molecule has 0 aromatic heterocycles. The van der Waals surface area contributed by atoms with E-state index in [4.69, 9.17) is 15.5 Å². The molecule has 1 rings (SSSR count). The van der Waals surface area contributed by atoms with E-state index in [9.17, 15) is 0 Å². The summed E-state index contributed by atoms with van der Waals surface area (Å²) in [5.74, 6) is 0. The van der Waals surface area contributed by atoms with Gasteiger partial charge in [-0.05, 0) is 0 Å².